The van der Waals surface area contributed by atoms with E-state index in [2.05, 4.69) is 6.07 Å². The zero-order valence-electron chi connectivity index (χ0n) is 7.45. The molecule has 1 aliphatic heterocycles. The van der Waals surface area contributed by atoms with Crippen molar-refractivity contribution in [3.8, 4) is 6.07 Å². The van der Waals surface area contributed by atoms with Gasteiger partial charge < -0.3 is 9.80 Å². The first-order valence-corrected chi connectivity index (χ1v) is 4.04. The predicted octanol–water partition coefficient (Wildman–Crippen LogP) is 0.656. The average Bonchev–Trinajstić information content (AvgIpc) is 2.49. The summed E-state index contributed by atoms with van der Waals surface area (Å²) in [6.45, 7) is 0.718. The quantitative estimate of drug-likeness (QED) is 0.532. The number of hydrogen-bond acceptors (Lipinski definition) is 2. The van der Waals surface area contributed by atoms with E-state index in [0.29, 0.717) is 0 Å². The van der Waals surface area contributed by atoms with Crippen LogP contribution in [-0.2, 0) is 0 Å². The molecule has 1 atom stereocenters. The summed E-state index contributed by atoms with van der Waals surface area (Å²) in [4.78, 5) is 14.5. The van der Waals surface area contributed by atoms with Crippen molar-refractivity contribution >= 4 is 6.03 Å². The van der Waals surface area contributed by atoms with Gasteiger partial charge in [-0.05, 0) is 12.8 Å². The molecule has 12 heavy (non-hydrogen) atoms. The van der Waals surface area contributed by atoms with Crippen molar-refractivity contribution in [3.05, 3.63) is 0 Å². The monoisotopic (exact) mass is 167 g/mol. The minimum Gasteiger partial charge on any atom is -0.331 e. The van der Waals surface area contributed by atoms with Crippen molar-refractivity contribution in [3.63, 3.8) is 0 Å². The molecule has 0 aliphatic carbocycles. The molecule has 4 heteroatoms. The molecule has 1 saturated heterocycles. The normalized spacial score (nSPS) is 22.1. The number of nitrogens with zero attached hydrogens (tertiary/aromatic N) is 3. The van der Waals surface area contributed by atoms with Gasteiger partial charge in [0.2, 0.25) is 0 Å². The smallest absolute Gasteiger partial charge is 0.320 e. The Hall–Kier alpha value is -1.24. The van der Waals surface area contributed by atoms with Crippen molar-refractivity contribution in [2.45, 2.75) is 18.9 Å². The second kappa shape index (κ2) is 3.44. The zero-order valence-corrected chi connectivity index (χ0v) is 7.45. The van der Waals surface area contributed by atoms with E-state index in [4.69, 9.17) is 5.26 Å². The van der Waals surface area contributed by atoms with Crippen LogP contribution in [0.3, 0.4) is 0 Å². The summed E-state index contributed by atoms with van der Waals surface area (Å²) in [6.07, 6.45) is 1.76. The first kappa shape index (κ1) is 8.85. The van der Waals surface area contributed by atoms with Crippen LogP contribution in [0.4, 0.5) is 4.79 Å². The molecule has 0 aromatic carbocycles. The van der Waals surface area contributed by atoms with E-state index in [9.17, 15) is 4.79 Å². The topological polar surface area (TPSA) is 47.3 Å². The lowest BCUT2D eigenvalue weighted by Gasteiger charge is -2.23. The Labute approximate surface area is 72.4 Å². The summed E-state index contributed by atoms with van der Waals surface area (Å²) >= 11 is 0. The van der Waals surface area contributed by atoms with Crippen LogP contribution in [0.15, 0.2) is 0 Å². The van der Waals surface area contributed by atoms with Gasteiger partial charge in [0.05, 0.1) is 6.07 Å². The summed E-state index contributed by atoms with van der Waals surface area (Å²) < 4.78 is 0. The first-order valence-electron chi connectivity index (χ1n) is 4.04. The standard InChI is InChI=1S/C8H13N3O/c1-10(2)8(12)11-5-3-4-7(11)6-9/h7H,3-5H2,1-2H3. The molecule has 1 heterocycles. The Balaban J connectivity index is 2.63. The van der Waals surface area contributed by atoms with Crippen LogP contribution in [-0.4, -0.2) is 42.5 Å². The zero-order chi connectivity index (χ0) is 9.14. The van der Waals surface area contributed by atoms with E-state index < -0.39 is 0 Å². The number of urea groups is 1. The van der Waals surface area contributed by atoms with Crippen LogP contribution in [0.1, 0.15) is 12.8 Å². The third-order valence-electron chi connectivity index (χ3n) is 2.03. The Bertz CT molecular complexity index is 219. The number of carbonyl (C=O) groups is 1. The van der Waals surface area contributed by atoms with Gasteiger partial charge >= 0.3 is 6.03 Å². The molecule has 0 N–H and O–H groups in total. The van der Waals surface area contributed by atoms with Crippen LogP contribution >= 0.6 is 0 Å². The molecule has 2 amide bonds. The van der Waals surface area contributed by atoms with E-state index in [1.165, 1.54) is 4.90 Å². The number of rotatable bonds is 0. The molecular formula is C8H13N3O. The molecule has 4 nitrogen and oxygen atoms in total. The highest BCUT2D eigenvalue weighted by molar-refractivity contribution is 5.74. The Kier molecular flexibility index (Phi) is 2.54. The van der Waals surface area contributed by atoms with Gasteiger partial charge in [-0.15, -0.1) is 0 Å². The number of carbonyl (C=O) groups excluding carboxylic acids is 1. The van der Waals surface area contributed by atoms with Gasteiger partial charge in [-0.2, -0.15) is 5.26 Å². The van der Waals surface area contributed by atoms with Crippen LogP contribution in [0.2, 0.25) is 0 Å². The molecule has 0 saturated carbocycles. The summed E-state index contributed by atoms with van der Waals surface area (Å²) in [7, 11) is 3.41. The molecule has 1 rings (SSSR count). The molecule has 1 aliphatic rings. The lowest BCUT2D eigenvalue weighted by Crippen LogP contribution is -2.41. The second-order valence-electron chi connectivity index (χ2n) is 3.16. The van der Waals surface area contributed by atoms with Crippen molar-refractivity contribution in [2.75, 3.05) is 20.6 Å². The van der Waals surface area contributed by atoms with E-state index in [1.807, 2.05) is 0 Å². The molecular weight excluding hydrogens is 154 g/mol. The lowest BCUT2D eigenvalue weighted by molar-refractivity contribution is 0.174. The number of hydrogen-bond donors (Lipinski definition) is 0. The minimum absolute atomic E-state index is 0.0564. The summed E-state index contributed by atoms with van der Waals surface area (Å²) in [5.74, 6) is 0. The van der Waals surface area contributed by atoms with Gasteiger partial charge in [0.25, 0.3) is 0 Å². The predicted molar refractivity (Wildman–Crippen MR) is 44.4 cm³/mol. The highest BCUT2D eigenvalue weighted by Crippen LogP contribution is 2.17. The van der Waals surface area contributed by atoms with E-state index >= 15 is 0 Å². The summed E-state index contributed by atoms with van der Waals surface area (Å²) in [6, 6.07) is 1.86. The fraction of sp³-hybridized carbons (Fsp3) is 0.750. The third-order valence-corrected chi connectivity index (χ3v) is 2.03. The van der Waals surface area contributed by atoms with Gasteiger partial charge in [0, 0.05) is 20.6 Å². The molecule has 0 bridgehead atoms. The molecule has 66 valence electrons. The number of nitriles is 1. The van der Waals surface area contributed by atoms with Crippen molar-refractivity contribution in [2.24, 2.45) is 0 Å². The Morgan fingerprint density at radius 1 is 1.67 bits per heavy atom. The lowest BCUT2D eigenvalue weighted by atomic mass is 10.2. The van der Waals surface area contributed by atoms with Gasteiger partial charge in [-0.25, -0.2) is 4.79 Å². The summed E-state index contributed by atoms with van der Waals surface area (Å²) in [5.41, 5.74) is 0. The minimum atomic E-state index is -0.208. The Morgan fingerprint density at radius 2 is 2.33 bits per heavy atom. The van der Waals surface area contributed by atoms with E-state index in [0.717, 1.165) is 19.4 Å². The van der Waals surface area contributed by atoms with Crippen molar-refractivity contribution < 1.29 is 4.79 Å². The molecule has 0 radical (unpaired) electrons. The maximum absolute atomic E-state index is 11.4. The largest absolute Gasteiger partial charge is 0.331 e. The third kappa shape index (κ3) is 1.50. The Morgan fingerprint density at radius 3 is 2.83 bits per heavy atom. The fourth-order valence-electron chi connectivity index (χ4n) is 1.39. The van der Waals surface area contributed by atoms with Crippen LogP contribution in [0.5, 0.6) is 0 Å². The molecule has 1 unspecified atom stereocenters. The molecule has 0 spiro atoms. The summed E-state index contributed by atoms with van der Waals surface area (Å²) in [5, 5.41) is 8.70. The van der Waals surface area contributed by atoms with Crippen LogP contribution < -0.4 is 0 Å². The number of likely N-dealkylation sites (tertiary alicyclic amines) is 1. The first-order chi connectivity index (χ1) is 5.66. The SMILES string of the molecule is CN(C)C(=O)N1CCCC1C#N. The fourth-order valence-corrected chi connectivity index (χ4v) is 1.39. The van der Waals surface area contributed by atoms with Crippen LogP contribution in [0, 0.1) is 11.3 Å². The molecule has 0 aromatic heterocycles. The molecule has 0 aromatic rings. The van der Waals surface area contributed by atoms with Gasteiger partial charge in [0.15, 0.2) is 0 Å². The van der Waals surface area contributed by atoms with Gasteiger partial charge in [-0.3, -0.25) is 0 Å². The van der Waals surface area contributed by atoms with E-state index in [1.54, 1.807) is 19.0 Å². The van der Waals surface area contributed by atoms with Gasteiger partial charge in [0.1, 0.15) is 6.04 Å². The maximum atomic E-state index is 11.4. The van der Waals surface area contributed by atoms with Crippen molar-refractivity contribution in [1.29, 1.82) is 5.26 Å². The van der Waals surface area contributed by atoms with E-state index in [-0.39, 0.29) is 12.1 Å². The molecule has 1 fully saturated rings. The van der Waals surface area contributed by atoms with Crippen LogP contribution in [0.25, 0.3) is 0 Å². The highest BCUT2D eigenvalue weighted by Gasteiger charge is 2.29. The maximum Gasteiger partial charge on any atom is 0.320 e. The number of amides is 2. The average molecular weight is 167 g/mol. The van der Waals surface area contributed by atoms with Crippen molar-refractivity contribution in [1.82, 2.24) is 9.80 Å². The highest BCUT2D eigenvalue weighted by atomic mass is 16.2. The van der Waals surface area contributed by atoms with Gasteiger partial charge in [-0.1, -0.05) is 0 Å². The second-order valence-corrected chi connectivity index (χ2v) is 3.16.